The Morgan fingerprint density at radius 1 is 1.28 bits per heavy atom. The molecule has 6 nitrogen and oxygen atoms in total. The maximum Gasteiger partial charge on any atom is 0.334 e. The minimum absolute atomic E-state index is 0.00509. The molecular formula is C12H19N5O+2. The van der Waals surface area contributed by atoms with Crippen molar-refractivity contribution < 1.29 is 4.76 Å². The molecule has 1 unspecified atom stereocenters. The zero-order valence-corrected chi connectivity index (χ0v) is 10.5. The van der Waals surface area contributed by atoms with E-state index in [0.29, 0.717) is 11.0 Å². The standard InChI is InChI=1S/C12H19N5O/c18-16-8-1-3-11(16)17(9-6-13-7-10-17)12-14-4-2-5-15-12/h2,4-5,11,13H,1,3,6-10H2/q+2. The number of rotatable bonds is 2. The SMILES string of the molecule is O=[N+]1CCCC1[N+]1(c2ncccn2)CCNCC1. The number of nitrogens with one attached hydrogen (secondary N) is 1. The van der Waals surface area contributed by atoms with Crippen LogP contribution in [0.5, 0.6) is 0 Å². The number of hydrogen-bond acceptors (Lipinski definition) is 4. The second-order valence-electron chi connectivity index (χ2n) is 5.04. The third-order valence-corrected chi connectivity index (χ3v) is 4.07. The number of piperazine rings is 1. The Kier molecular flexibility index (Phi) is 3.05. The van der Waals surface area contributed by atoms with Gasteiger partial charge in [-0.15, -0.1) is 0 Å². The fourth-order valence-corrected chi connectivity index (χ4v) is 3.16. The second-order valence-corrected chi connectivity index (χ2v) is 5.04. The van der Waals surface area contributed by atoms with E-state index in [1.807, 2.05) is 6.07 Å². The Balaban J connectivity index is 2.00. The van der Waals surface area contributed by atoms with Crippen molar-refractivity contribution in [2.75, 3.05) is 32.7 Å². The van der Waals surface area contributed by atoms with Crippen LogP contribution in [0.1, 0.15) is 12.8 Å². The van der Waals surface area contributed by atoms with E-state index in [-0.39, 0.29) is 6.17 Å². The van der Waals surface area contributed by atoms with Crippen LogP contribution in [0.4, 0.5) is 5.95 Å². The van der Waals surface area contributed by atoms with Crippen LogP contribution >= 0.6 is 0 Å². The molecule has 2 saturated heterocycles. The smallest absolute Gasteiger partial charge is 0.306 e. The monoisotopic (exact) mass is 249 g/mol. The van der Waals surface area contributed by atoms with Crippen molar-refractivity contribution in [3.8, 4) is 0 Å². The molecule has 0 bridgehead atoms. The number of hydrogen-bond donors (Lipinski definition) is 1. The number of aromatic nitrogens is 2. The van der Waals surface area contributed by atoms with Crippen LogP contribution in [-0.4, -0.2) is 53.6 Å². The number of nitrogens with zero attached hydrogens (tertiary/aromatic N) is 4. The Hall–Kier alpha value is -1.40. The minimum atomic E-state index is -0.00509. The molecule has 2 aliphatic heterocycles. The zero-order chi connectivity index (χ0) is 12.4. The maximum absolute atomic E-state index is 12.1. The van der Waals surface area contributed by atoms with Crippen molar-refractivity contribution in [2.24, 2.45) is 0 Å². The molecule has 6 heteroatoms. The highest BCUT2D eigenvalue weighted by Gasteiger charge is 2.53. The van der Waals surface area contributed by atoms with Gasteiger partial charge < -0.3 is 5.32 Å². The quantitative estimate of drug-likeness (QED) is 0.604. The van der Waals surface area contributed by atoms with Crippen molar-refractivity contribution >= 4 is 5.95 Å². The molecule has 2 aliphatic rings. The number of quaternary nitrogens is 1. The van der Waals surface area contributed by atoms with E-state index in [9.17, 15) is 4.91 Å². The Bertz CT molecular complexity index is 429. The summed E-state index contributed by atoms with van der Waals surface area (Å²) in [5.74, 6) is 0.798. The van der Waals surface area contributed by atoms with E-state index in [2.05, 4.69) is 15.3 Å². The predicted molar refractivity (Wildman–Crippen MR) is 67.9 cm³/mol. The summed E-state index contributed by atoms with van der Waals surface area (Å²) in [5, 5.41) is 3.36. The topological polar surface area (TPSA) is 57.9 Å². The van der Waals surface area contributed by atoms with E-state index in [0.717, 1.165) is 45.0 Å². The molecule has 1 aromatic rings. The summed E-state index contributed by atoms with van der Waals surface area (Å²) in [6.45, 7) is 4.27. The molecule has 1 aromatic heterocycles. The first-order valence-corrected chi connectivity index (χ1v) is 6.62. The highest BCUT2D eigenvalue weighted by atomic mass is 16.3. The van der Waals surface area contributed by atoms with Crippen molar-refractivity contribution in [1.29, 1.82) is 0 Å². The Labute approximate surface area is 106 Å². The van der Waals surface area contributed by atoms with Gasteiger partial charge in [0.1, 0.15) is 13.1 Å². The van der Waals surface area contributed by atoms with Gasteiger partial charge in [0.05, 0.1) is 11.2 Å². The molecule has 0 spiro atoms. The van der Waals surface area contributed by atoms with E-state index >= 15 is 0 Å². The third kappa shape index (κ3) is 1.81. The molecule has 2 fully saturated rings. The summed E-state index contributed by atoms with van der Waals surface area (Å²) in [5.41, 5.74) is 0. The molecule has 0 amide bonds. The molecule has 0 aliphatic carbocycles. The molecule has 0 aromatic carbocycles. The van der Waals surface area contributed by atoms with Crippen LogP contribution in [0.25, 0.3) is 0 Å². The normalized spacial score (nSPS) is 27.3. The van der Waals surface area contributed by atoms with E-state index in [4.69, 9.17) is 0 Å². The minimum Gasteiger partial charge on any atom is -0.306 e. The van der Waals surface area contributed by atoms with E-state index in [1.54, 1.807) is 12.4 Å². The van der Waals surface area contributed by atoms with Crippen LogP contribution in [-0.2, 0) is 0 Å². The van der Waals surface area contributed by atoms with Gasteiger partial charge in [-0.1, -0.05) is 0 Å². The van der Waals surface area contributed by atoms with Crippen molar-refractivity contribution in [3.63, 3.8) is 0 Å². The molecule has 3 rings (SSSR count). The Morgan fingerprint density at radius 3 is 2.61 bits per heavy atom. The van der Waals surface area contributed by atoms with Crippen molar-refractivity contribution in [2.45, 2.75) is 19.0 Å². The zero-order valence-electron chi connectivity index (χ0n) is 10.5. The summed E-state index contributed by atoms with van der Waals surface area (Å²) in [6.07, 6.45) is 5.47. The van der Waals surface area contributed by atoms with Crippen LogP contribution in [0.15, 0.2) is 18.5 Å². The lowest BCUT2D eigenvalue weighted by molar-refractivity contribution is -0.586. The van der Waals surface area contributed by atoms with Gasteiger partial charge in [0.25, 0.3) is 0 Å². The highest BCUT2D eigenvalue weighted by molar-refractivity contribution is 5.26. The van der Waals surface area contributed by atoms with E-state index in [1.165, 1.54) is 4.76 Å². The largest absolute Gasteiger partial charge is 0.334 e. The van der Waals surface area contributed by atoms with Crippen LogP contribution in [0, 0.1) is 4.91 Å². The molecule has 1 N–H and O–H groups in total. The summed E-state index contributed by atoms with van der Waals surface area (Å²) in [6, 6.07) is 1.83. The average Bonchev–Trinajstić information content (AvgIpc) is 2.87. The van der Waals surface area contributed by atoms with Crippen LogP contribution in [0.3, 0.4) is 0 Å². The van der Waals surface area contributed by atoms with Gasteiger partial charge in [0, 0.05) is 36.8 Å². The fraction of sp³-hybridized carbons (Fsp3) is 0.667. The summed E-state index contributed by atoms with van der Waals surface area (Å²) in [7, 11) is 0. The van der Waals surface area contributed by atoms with Gasteiger partial charge in [-0.05, 0) is 6.07 Å². The average molecular weight is 249 g/mol. The van der Waals surface area contributed by atoms with Gasteiger partial charge in [-0.3, -0.25) is 0 Å². The molecule has 1 atom stereocenters. The van der Waals surface area contributed by atoms with Crippen molar-refractivity contribution in [1.82, 2.24) is 19.8 Å². The molecule has 3 heterocycles. The predicted octanol–water partition coefficient (Wildman–Crippen LogP) is 0.286. The van der Waals surface area contributed by atoms with Crippen LogP contribution in [0.2, 0.25) is 0 Å². The van der Waals surface area contributed by atoms with Crippen molar-refractivity contribution in [3.05, 3.63) is 23.4 Å². The molecular weight excluding hydrogens is 230 g/mol. The van der Waals surface area contributed by atoms with Gasteiger partial charge in [-0.2, -0.15) is 14.5 Å². The summed E-state index contributed by atoms with van der Waals surface area (Å²) in [4.78, 5) is 20.9. The van der Waals surface area contributed by atoms with Gasteiger partial charge in [0.15, 0.2) is 6.54 Å². The lowest BCUT2D eigenvalue weighted by Gasteiger charge is -2.38. The van der Waals surface area contributed by atoms with Gasteiger partial charge in [-0.25, -0.2) is 0 Å². The van der Waals surface area contributed by atoms with Gasteiger partial charge in [0.2, 0.25) is 0 Å². The molecule has 18 heavy (non-hydrogen) atoms. The second kappa shape index (κ2) is 4.70. The highest BCUT2D eigenvalue weighted by Crippen LogP contribution is 2.29. The first kappa shape index (κ1) is 11.7. The lowest BCUT2D eigenvalue weighted by Crippen LogP contribution is -2.67. The number of nitroso groups, excluding NO2 is 1. The molecule has 0 saturated carbocycles. The maximum atomic E-state index is 12.1. The van der Waals surface area contributed by atoms with Gasteiger partial charge >= 0.3 is 12.1 Å². The summed E-state index contributed by atoms with van der Waals surface area (Å²) >= 11 is 0. The lowest BCUT2D eigenvalue weighted by atomic mass is 10.2. The molecule has 0 radical (unpaired) electrons. The first-order chi connectivity index (χ1) is 8.83. The van der Waals surface area contributed by atoms with E-state index < -0.39 is 0 Å². The Morgan fingerprint density at radius 2 is 2.00 bits per heavy atom. The summed E-state index contributed by atoms with van der Waals surface area (Å²) < 4.78 is 1.86. The fourth-order valence-electron chi connectivity index (χ4n) is 3.16. The molecule has 96 valence electrons. The third-order valence-electron chi connectivity index (χ3n) is 4.07. The van der Waals surface area contributed by atoms with Crippen LogP contribution < -0.4 is 9.80 Å². The first-order valence-electron chi connectivity index (χ1n) is 6.62.